The first-order valence-electron chi connectivity index (χ1n) is 10.1. The molecule has 7 nitrogen and oxygen atoms in total. The minimum Gasteiger partial charge on any atom is -0.489 e. The Balaban J connectivity index is 1.53. The summed E-state index contributed by atoms with van der Waals surface area (Å²) in [5, 5.41) is 4.83. The molecule has 0 aliphatic rings. The van der Waals surface area contributed by atoms with Gasteiger partial charge in [-0.25, -0.2) is 4.98 Å². The molecule has 0 bridgehead atoms. The summed E-state index contributed by atoms with van der Waals surface area (Å²) in [6.45, 7) is 7.39. The third-order valence-electron chi connectivity index (χ3n) is 4.90. The topological polar surface area (TPSA) is 87.3 Å². The van der Waals surface area contributed by atoms with Crippen molar-refractivity contribution in [2.45, 2.75) is 40.0 Å². The lowest BCUT2D eigenvalue weighted by atomic mass is 10.1. The Kier molecular flexibility index (Phi) is 7.59. The number of benzene rings is 1. The van der Waals surface area contributed by atoms with Crippen LogP contribution in [0.4, 0.5) is 0 Å². The van der Waals surface area contributed by atoms with Gasteiger partial charge in [0.2, 0.25) is 0 Å². The molecule has 0 aliphatic carbocycles. The number of pyridine rings is 1. The van der Waals surface area contributed by atoms with Gasteiger partial charge < -0.3 is 15.0 Å². The van der Waals surface area contributed by atoms with Gasteiger partial charge >= 0.3 is 0 Å². The highest BCUT2D eigenvalue weighted by atomic mass is 32.1. The molecule has 3 aromatic rings. The molecule has 1 aromatic carbocycles. The number of thiazole rings is 1. The number of aromatic nitrogens is 2. The number of aryl methyl sites for hydroxylation is 2. The van der Waals surface area contributed by atoms with Crippen LogP contribution in [0.1, 0.15) is 39.8 Å². The fourth-order valence-corrected chi connectivity index (χ4v) is 3.73. The monoisotopic (exact) mass is 440 g/mol. The first kappa shape index (κ1) is 22.7. The maximum atomic E-state index is 12.4. The number of nitrogens with zero attached hydrogens (tertiary/aromatic N) is 2. The largest absolute Gasteiger partial charge is 0.489 e. The van der Waals surface area contributed by atoms with Crippen LogP contribution in [0.5, 0.6) is 5.75 Å². The van der Waals surface area contributed by atoms with Crippen molar-refractivity contribution in [2.24, 2.45) is 0 Å². The van der Waals surface area contributed by atoms with Crippen molar-refractivity contribution in [3.63, 3.8) is 0 Å². The summed E-state index contributed by atoms with van der Waals surface area (Å²) in [5.41, 5.74) is 5.39. The highest BCUT2D eigenvalue weighted by molar-refractivity contribution is 7.07. The number of aromatic amines is 1. The molecular weight excluding hydrogens is 412 g/mol. The summed E-state index contributed by atoms with van der Waals surface area (Å²) in [7, 11) is 2.06. The lowest BCUT2D eigenvalue weighted by Crippen LogP contribution is -2.36. The molecule has 0 radical (unpaired) electrons. The molecule has 0 aliphatic heterocycles. The lowest BCUT2D eigenvalue weighted by Gasteiger charge is -2.18. The van der Waals surface area contributed by atoms with Gasteiger partial charge in [0.15, 0.2) is 0 Å². The first-order valence-corrected chi connectivity index (χ1v) is 11.1. The van der Waals surface area contributed by atoms with Crippen molar-refractivity contribution >= 4 is 17.2 Å². The average molecular weight is 441 g/mol. The SMILES string of the molecule is Cc1cc(C(=O)NCC(C)Oc2cccc(CN(C)Cc3cscn3)c2)c(=O)[nH]c1C. The zero-order valence-electron chi connectivity index (χ0n) is 18.3. The Morgan fingerprint density at radius 1 is 1.29 bits per heavy atom. The highest BCUT2D eigenvalue weighted by Gasteiger charge is 2.14. The smallest absolute Gasteiger partial charge is 0.261 e. The van der Waals surface area contributed by atoms with Gasteiger partial charge in [0.05, 0.1) is 17.7 Å². The molecule has 0 fully saturated rings. The van der Waals surface area contributed by atoms with Crippen molar-refractivity contribution in [2.75, 3.05) is 13.6 Å². The lowest BCUT2D eigenvalue weighted by molar-refractivity contribution is 0.0930. The Bertz CT molecular complexity index is 1080. The van der Waals surface area contributed by atoms with Crippen molar-refractivity contribution in [1.29, 1.82) is 0 Å². The third kappa shape index (κ3) is 6.50. The van der Waals surface area contributed by atoms with Crippen LogP contribution < -0.4 is 15.6 Å². The summed E-state index contributed by atoms with van der Waals surface area (Å²) in [5.74, 6) is 0.336. The molecule has 8 heteroatoms. The van der Waals surface area contributed by atoms with E-state index in [0.29, 0.717) is 6.54 Å². The average Bonchev–Trinajstić information content (AvgIpc) is 3.22. The van der Waals surface area contributed by atoms with E-state index >= 15 is 0 Å². The zero-order chi connectivity index (χ0) is 22.4. The standard InChI is InChI=1S/C23H28N4O3S/c1-15-8-21(23(29)26-17(15)3)22(28)24-10-16(2)30-20-7-5-6-18(9-20)11-27(4)12-19-13-31-14-25-19/h5-9,13-14,16H,10-12H2,1-4H3,(H,24,28)(H,26,29). The van der Waals surface area contributed by atoms with E-state index in [1.165, 1.54) is 0 Å². The normalized spacial score (nSPS) is 12.0. The van der Waals surface area contributed by atoms with Gasteiger partial charge in [0, 0.05) is 24.2 Å². The van der Waals surface area contributed by atoms with E-state index in [2.05, 4.69) is 38.7 Å². The van der Waals surface area contributed by atoms with Gasteiger partial charge in [-0.2, -0.15) is 0 Å². The van der Waals surface area contributed by atoms with Crippen LogP contribution in [0, 0.1) is 13.8 Å². The van der Waals surface area contributed by atoms with E-state index < -0.39 is 5.91 Å². The number of amides is 1. The Hall–Kier alpha value is -2.97. The Morgan fingerprint density at radius 2 is 2.10 bits per heavy atom. The molecule has 2 heterocycles. The van der Waals surface area contributed by atoms with Gasteiger partial charge in [-0.3, -0.25) is 14.5 Å². The van der Waals surface area contributed by atoms with Crippen LogP contribution >= 0.6 is 11.3 Å². The van der Waals surface area contributed by atoms with Crippen LogP contribution in [0.15, 0.2) is 46.0 Å². The van der Waals surface area contributed by atoms with Crippen molar-refractivity contribution < 1.29 is 9.53 Å². The van der Waals surface area contributed by atoms with Crippen LogP contribution in [0.2, 0.25) is 0 Å². The number of carbonyl (C=O) groups excluding carboxylic acids is 1. The van der Waals surface area contributed by atoms with E-state index in [-0.39, 0.29) is 17.2 Å². The molecule has 0 saturated heterocycles. The molecule has 3 rings (SSSR count). The fraction of sp³-hybridized carbons (Fsp3) is 0.348. The van der Waals surface area contributed by atoms with Crippen LogP contribution in [0.3, 0.4) is 0 Å². The van der Waals surface area contributed by atoms with Gasteiger partial charge in [-0.15, -0.1) is 11.3 Å². The number of rotatable bonds is 9. The van der Waals surface area contributed by atoms with Crippen LogP contribution in [-0.4, -0.2) is 40.5 Å². The van der Waals surface area contributed by atoms with Gasteiger partial charge in [0.25, 0.3) is 11.5 Å². The molecule has 2 aromatic heterocycles. The number of carbonyl (C=O) groups is 1. The molecular formula is C23H28N4O3S. The summed E-state index contributed by atoms with van der Waals surface area (Å²) in [4.78, 5) is 33.6. The second kappa shape index (κ2) is 10.4. The van der Waals surface area contributed by atoms with Crippen molar-refractivity contribution in [3.05, 3.63) is 79.7 Å². The highest BCUT2D eigenvalue weighted by Crippen LogP contribution is 2.17. The second-order valence-corrected chi connectivity index (χ2v) is 8.48. The maximum Gasteiger partial charge on any atom is 0.261 e. The molecule has 1 unspecified atom stereocenters. The predicted molar refractivity (Wildman–Crippen MR) is 123 cm³/mol. The molecule has 164 valence electrons. The number of nitrogens with one attached hydrogen (secondary N) is 2. The fourth-order valence-electron chi connectivity index (χ4n) is 3.18. The van der Waals surface area contributed by atoms with Crippen LogP contribution in [0.25, 0.3) is 0 Å². The molecule has 31 heavy (non-hydrogen) atoms. The van der Waals surface area contributed by atoms with Crippen LogP contribution in [-0.2, 0) is 13.1 Å². The third-order valence-corrected chi connectivity index (χ3v) is 5.53. The van der Waals surface area contributed by atoms with Gasteiger partial charge in [-0.1, -0.05) is 12.1 Å². The number of ether oxygens (including phenoxy) is 1. The summed E-state index contributed by atoms with van der Waals surface area (Å²) in [6, 6.07) is 9.53. The Labute approximate surface area is 186 Å². The van der Waals surface area contributed by atoms with Crippen molar-refractivity contribution in [1.82, 2.24) is 20.2 Å². The zero-order valence-corrected chi connectivity index (χ0v) is 19.1. The van der Waals surface area contributed by atoms with E-state index in [0.717, 1.165) is 41.4 Å². The quantitative estimate of drug-likeness (QED) is 0.533. The molecule has 0 saturated carbocycles. The number of hydrogen-bond donors (Lipinski definition) is 2. The van der Waals surface area contributed by atoms with E-state index in [4.69, 9.17) is 4.74 Å². The predicted octanol–water partition coefficient (Wildman–Crippen LogP) is 3.28. The minimum atomic E-state index is -0.405. The van der Waals surface area contributed by atoms with Crippen molar-refractivity contribution in [3.8, 4) is 5.75 Å². The Morgan fingerprint density at radius 3 is 2.84 bits per heavy atom. The van der Waals surface area contributed by atoms with E-state index in [1.807, 2.05) is 37.6 Å². The molecule has 1 amide bonds. The number of hydrogen-bond acceptors (Lipinski definition) is 6. The summed E-state index contributed by atoms with van der Waals surface area (Å²) >= 11 is 1.60. The van der Waals surface area contributed by atoms with Gasteiger partial charge in [-0.05, 0) is 57.1 Å². The van der Waals surface area contributed by atoms with E-state index in [9.17, 15) is 9.59 Å². The molecule has 0 spiro atoms. The summed E-state index contributed by atoms with van der Waals surface area (Å²) < 4.78 is 5.97. The summed E-state index contributed by atoms with van der Waals surface area (Å²) in [6.07, 6.45) is -0.252. The van der Waals surface area contributed by atoms with E-state index in [1.54, 1.807) is 24.3 Å². The van der Waals surface area contributed by atoms with Gasteiger partial charge in [0.1, 0.15) is 17.4 Å². The number of H-pyrrole nitrogens is 1. The minimum absolute atomic E-state index is 0.112. The second-order valence-electron chi connectivity index (χ2n) is 7.76. The molecule has 1 atom stereocenters. The first-order chi connectivity index (χ1) is 14.8. The maximum absolute atomic E-state index is 12.4. The molecule has 2 N–H and O–H groups in total.